The number of rotatable bonds is 5. The number of ether oxygens (including phenoxy) is 1. The molecule has 134 valence electrons. The Bertz CT molecular complexity index is 901. The number of hydrogen-bond acceptors (Lipinski definition) is 5. The number of methoxy groups -OCH3 is 1. The predicted molar refractivity (Wildman–Crippen MR) is 95.1 cm³/mol. The van der Waals surface area contributed by atoms with Gasteiger partial charge in [0, 0.05) is 18.2 Å². The fourth-order valence-electron chi connectivity index (χ4n) is 2.46. The van der Waals surface area contributed by atoms with Crippen molar-refractivity contribution in [2.75, 3.05) is 14.2 Å². The number of amides is 1. The number of aromatic hydroxyl groups is 1. The fraction of sp³-hybridized carbons (Fsp3) is 0.158. The molecule has 1 heterocycles. The van der Waals surface area contributed by atoms with Gasteiger partial charge in [0.1, 0.15) is 23.7 Å². The van der Waals surface area contributed by atoms with Crippen LogP contribution in [0, 0.1) is 0 Å². The van der Waals surface area contributed by atoms with Crippen LogP contribution in [-0.4, -0.2) is 40.3 Å². The summed E-state index contributed by atoms with van der Waals surface area (Å²) >= 11 is 0. The first-order valence-electron chi connectivity index (χ1n) is 7.85. The normalized spacial score (nSPS) is 10.5. The summed E-state index contributed by atoms with van der Waals surface area (Å²) in [5.41, 5.74) is 2.12. The summed E-state index contributed by atoms with van der Waals surface area (Å²) in [6, 6.07) is 13.9. The van der Waals surface area contributed by atoms with E-state index >= 15 is 0 Å². The maximum atomic E-state index is 11.1. The molecule has 0 saturated heterocycles. The van der Waals surface area contributed by atoms with E-state index in [1.165, 1.54) is 7.05 Å². The maximum Gasteiger partial charge on any atom is 0.407 e. The van der Waals surface area contributed by atoms with Gasteiger partial charge in [0.25, 0.3) is 0 Å². The molecule has 0 aliphatic carbocycles. The van der Waals surface area contributed by atoms with Crippen LogP contribution in [0.15, 0.2) is 52.9 Å². The Labute approximate surface area is 150 Å². The van der Waals surface area contributed by atoms with Gasteiger partial charge in [-0.15, -0.1) is 0 Å². The third-order valence-electron chi connectivity index (χ3n) is 3.86. The van der Waals surface area contributed by atoms with Gasteiger partial charge in [0.15, 0.2) is 5.76 Å². The lowest BCUT2D eigenvalue weighted by Crippen LogP contribution is -2.23. The number of carbonyl (C=O) groups is 1. The first-order chi connectivity index (χ1) is 12.5. The minimum Gasteiger partial charge on any atom is -0.508 e. The highest BCUT2D eigenvalue weighted by atomic mass is 16.5. The topological polar surface area (TPSA) is 96.0 Å². The maximum absolute atomic E-state index is 11.1. The number of hydrogen-bond donors (Lipinski definition) is 2. The van der Waals surface area contributed by atoms with Gasteiger partial charge < -0.3 is 24.3 Å². The molecule has 0 bridgehead atoms. The lowest BCUT2D eigenvalue weighted by molar-refractivity contribution is 0.150. The summed E-state index contributed by atoms with van der Waals surface area (Å²) in [6.07, 6.45) is -1.07. The molecule has 7 heteroatoms. The van der Waals surface area contributed by atoms with Crippen molar-refractivity contribution in [2.24, 2.45) is 0 Å². The third kappa shape index (κ3) is 3.61. The first-order valence-corrected chi connectivity index (χ1v) is 7.85. The van der Waals surface area contributed by atoms with Crippen molar-refractivity contribution in [1.82, 2.24) is 9.88 Å². The highest BCUT2D eigenvalue weighted by Gasteiger charge is 2.19. The lowest BCUT2D eigenvalue weighted by atomic mass is 10.1. The molecule has 1 aromatic heterocycles. The molecule has 0 aliphatic rings. The van der Waals surface area contributed by atoms with Crippen LogP contribution in [-0.2, 0) is 6.54 Å². The van der Waals surface area contributed by atoms with Crippen LogP contribution < -0.4 is 4.74 Å². The van der Waals surface area contributed by atoms with E-state index in [1.54, 1.807) is 31.4 Å². The predicted octanol–water partition coefficient (Wildman–Crippen LogP) is 3.83. The molecule has 3 rings (SSSR count). The number of carboxylic acid groups (broad SMARTS) is 1. The molecule has 0 fully saturated rings. The molecule has 0 atom stereocenters. The molecule has 7 nitrogen and oxygen atoms in total. The second kappa shape index (κ2) is 7.18. The van der Waals surface area contributed by atoms with Crippen molar-refractivity contribution in [3.8, 4) is 34.1 Å². The molecule has 3 aromatic rings. The Kier molecular flexibility index (Phi) is 4.79. The average Bonchev–Trinajstić information content (AvgIpc) is 3.06. The molecule has 26 heavy (non-hydrogen) atoms. The number of nitrogens with zero attached hydrogens (tertiary/aromatic N) is 2. The monoisotopic (exact) mass is 354 g/mol. The van der Waals surface area contributed by atoms with Gasteiger partial charge in [-0.1, -0.05) is 0 Å². The molecular weight excluding hydrogens is 336 g/mol. The van der Waals surface area contributed by atoms with Gasteiger partial charge in [-0.05, 0) is 48.5 Å². The summed E-state index contributed by atoms with van der Waals surface area (Å²) < 4.78 is 11.0. The van der Waals surface area contributed by atoms with Crippen LogP contribution in [0.5, 0.6) is 11.5 Å². The third-order valence-corrected chi connectivity index (χ3v) is 3.86. The van der Waals surface area contributed by atoms with Crippen molar-refractivity contribution in [3.63, 3.8) is 0 Å². The van der Waals surface area contributed by atoms with Crippen molar-refractivity contribution in [1.29, 1.82) is 0 Å². The molecule has 2 N–H and O–H groups in total. The van der Waals surface area contributed by atoms with Crippen LogP contribution in [0.3, 0.4) is 0 Å². The number of phenolic OH excluding ortho intramolecular Hbond substituents is 1. The van der Waals surface area contributed by atoms with Crippen LogP contribution in [0.1, 0.15) is 5.89 Å². The molecule has 1 amide bonds. The highest BCUT2D eigenvalue weighted by molar-refractivity contribution is 5.77. The van der Waals surface area contributed by atoms with Crippen LogP contribution in [0.25, 0.3) is 22.6 Å². The van der Waals surface area contributed by atoms with Gasteiger partial charge in [-0.2, -0.15) is 0 Å². The van der Waals surface area contributed by atoms with E-state index in [0.29, 0.717) is 17.2 Å². The van der Waals surface area contributed by atoms with E-state index in [9.17, 15) is 9.90 Å². The average molecular weight is 354 g/mol. The van der Waals surface area contributed by atoms with Gasteiger partial charge in [-0.3, -0.25) is 0 Å². The summed E-state index contributed by atoms with van der Waals surface area (Å²) in [5.74, 6) is 1.65. The number of oxazole rings is 1. The van der Waals surface area contributed by atoms with E-state index in [-0.39, 0.29) is 18.2 Å². The molecule has 0 saturated carbocycles. The van der Waals surface area contributed by atoms with Gasteiger partial charge in [0.05, 0.1) is 7.11 Å². The second-order valence-electron chi connectivity index (χ2n) is 5.70. The molecule has 0 spiro atoms. The van der Waals surface area contributed by atoms with Gasteiger partial charge in [0.2, 0.25) is 5.89 Å². The fourth-order valence-corrected chi connectivity index (χ4v) is 2.46. The summed E-state index contributed by atoms with van der Waals surface area (Å²) in [6.45, 7) is 0.0244. The van der Waals surface area contributed by atoms with E-state index in [1.807, 2.05) is 24.3 Å². The zero-order valence-electron chi connectivity index (χ0n) is 14.3. The standard InChI is InChI=1S/C19H18N2O5/c1-21(19(23)24)11-16-20-17(12-5-9-15(25-2)10-6-12)18(26-16)13-3-7-14(22)8-4-13/h3-10,22H,11H2,1-2H3,(H,23,24). The Hall–Kier alpha value is -3.48. The van der Waals surface area contributed by atoms with Crippen molar-refractivity contribution < 1.29 is 24.2 Å². The SMILES string of the molecule is COc1ccc(-c2nc(CN(C)C(=O)O)oc2-c2ccc(O)cc2)cc1. The lowest BCUT2D eigenvalue weighted by Gasteiger charge is -2.08. The van der Waals surface area contributed by atoms with Gasteiger partial charge >= 0.3 is 6.09 Å². The zero-order chi connectivity index (χ0) is 18.7. The number of benzene rings is 2. The van der Waals surface area contributed by atoms with Crippen LogP contribution in [0.2, 0.25) is 0 Å². The molecule has 0 unspecified atom stereocenters. The molecule has 0 radical (unpaired) electrons. The van der Waals surface area contributed by atoms with E-state index in [4.69, 9.17) is 14.3 Å². The van der Waals surface area contributed by atoms with Gasteiger partial charge in [-0.25, -0.2) is 9.78 Å². The van der Waals surface area contributed by atoms with Crippen molar-refractivity contribution >= 4 is 6.09 Å². The second-order valence-corrected chi connectivity index (χ2v) is 5.70. The molecule has 2 aromatic carbocycles. The molecule has 0 aliphatic heterocycles. The minimum atomic E-state index is -1.07. The van der Waals surface area contributed by atoms with E-state index in [0.717, 1.165) is 16.0 Å². The zero-order valence-corrected chi connectivity index (χ0v) is 14.3. The van der Waals surface area contributed by atoms with E-state index in [2.05, 4.69) is 4.98 Å². The smallest absolute Gasteiger partial charge is 0.407 e. The Balaban J connectivity index is 2.05. The Morgan fingerprint density at radius 1 is 1.12 bits per heavy atom. The quantitative estimate of drug-likeness (QED) is 0.723. The summed E-state index contributed by atoms with van der Waals surface area (Å²) in [7, 11) is 3.03. The molecular formula is C19H18N2O5. The van der Waals surface area contributed by atoms with Crippen molar-refractivity contribution in [3.05, 3.63) is 54.4 Å². The number of aromatic nitrogens is 1. The Morgan fingerprint density at radius 2 is 1.73 bits per heavy atom. The van der Waals surface area contributed by atoms with Crippen molar-refractivity contribution in [2.45, 2.75) is 6.54 Å². The Morgan fingerprint density at radius 3 is 2.31 bits per heavy atom. The first kappa shape index (κ1) is 17.3. The largest absolute Gasteiger partial charge is 0.508 e. The van der Waals surface area contributed by atoms with Crippen LogP contribution >= 0.6 is 0 Å². The van der Waals surface area contributed by atoms with Crippen LogP contribution in [0.4, 0.5) is 4.79 Å². The summed E-state index contributed by atoms with van der Waals surface area (Å²) in [4.78, 5) is 16.6. The number of phenols is 1. The van der Waals surface area contributed by atoms with E-state index < -0.39 is 6.09 Å². The summed E-state index contributed by atoms with van der Waals surface area (Å²) in [5, 5.41) is 18.6. The highest BCUT2D eigenvalue weighted by Crippen LogP contribution is 2.34. The minimum absolute atomic E-state index is 0.0244.